The van der Waals surface area contributed by atoms with Crippen molar-refractivity contribution in [3.63, 3.8) is 0 Å². The molecule has 0 spiro atoms. The zero-order valence-corrected chi connectivity index (χ0v) is 15.9. The summed E-state index contributed by atoms with van der Waals surface area (Å²) in [7, 11) is 0. The summed E-state index contributed by atoms with van der Waals surface area (Å²) in [5.41, 5.74) is 3.45. The van der Waals surface area contributed by atoms with Crippen molar-refractivity contribution in [1.29, 1.82) is 0 Å². The molecule has 2 aromatic rings. The number of hydrogen-bond acceptors (Lipinski definition) is 4. The van der Waals surface area contributed by atoms with Gasteiger partial charge in [-0.15, -0.1) is 0 Å². The van der Waals surface area contributed by atoms with E-state index in [-0.39, 0.29) is 17.0 Å². The number of hydrogen-bond donors (Lipinski definition) is 0. The number of carbonyl (C=O) groups is 3. The van der Waals surface area contributed by atoms with Crippen LogP contribution in [0.3, 0.4) is 0 Å². The van der Waals surface area contributed by atoms with Crippen molar-refractivity contribution in [2.45, 2.75) is 40.0 Å². The fourth-order valence-corrected chi connectivity index (χ4v) is 3.07. The van der Waals surface area contributed by atoms with Crippen molar-refractivity contribution in [3.05, 3.63) is 64.2 Å². The minimum atomic E-state index is -0.473. The van der Waals surface area contributed by atoms with Crippen molar-refractivity contribution < 1.29 is 19.1 Å². The second kappa shape index (κ2) is 7.74. The minimum Gasteiger partial charge on any atom is -0.462 e. The molecule has 27 heavy (non-hydrogen) atoms. The lowest BCUT2D eigenvalue weighted by Gasteiger charge is -2.15. The van der Waals surface area contributed by atoms with Gasteiger partial charge in [0, 0.05) is 0 Å². The monoisotopic (exact) mass is 365 g/mol. The molecule has 140 valence electrons. The molecule has 5 heteroatoms. The molecule has 2 aromatic carbocycles. The number of aryl methyl sites for hydroxylation is 2. The summed E-state index contributed by atoms with van der Waals surface area (Å²) in [6, 6.07) is 9.98. The number of nitrogens with zero attached hydrogens (tertiary/aromatic N) is 1. The van der Waals surface area contributed by atoms with Gasteiger partial charge in [0.2, 0.25) is 0 Å². The van der Waals surface area contributed by atoms with E-state index in [1.807, 2.05) is 26.0 Å². The molecule has 0 aliphatic carbocycles. The van der Waals surface area contributed by atoms with Gasteiger partial charge < -0.3 is 4.74 Å². The average Bonchev–Trinajstić information content (AvgIpc) is 2.91. The number of benzene rings is 2. The molecule has 2 amide bonds. The third kappa shape index (κ3) is 3.63. The van der Waals surface area contributed by atoms with Gasteiger partial charge in [-0.2, -0.15) is 0 Å². The quantitative estimate of drug-likeness (QED) is 0.431. The summed E-state index contributed by atoms with van der Waals surface area (Å²) >= 11 is 0. The van der Waals surface area contributed by atoms with Crippen LogP contribution in [0.2, 0.25) is 0 Å². The molecule has 0 N–H and O–H groups in total. The number of esters is 1. The third-order valence-electron chi connectivity index (χ3n) is 4.85. The molecule has 1 aliphatic heterocycles. The Bertz CT molecular complexity index is 917. The molecule has 0 radical (unpaired) electrons. The Morgan fingerprint density at radius 1 is 0.926 bits per heavy atom. The molecule has 0 bridgehead atoms. The first-order chi connectivity index (χ1) is 12.9. The van der Waals surface area contributed by atoms with Crippen LogP contribution in [-0.2, 0) is 4.74 Å². The molecule has 1 heterocycles. The summed E-state index contributed by atoms with van der Waals surface area (Å²) in [5.74, 6) is -1.27. The summed E-state index contributed by atoms with van der Waals surface area (Å²) in [6.45, 7) is 6.33. The standard InChI is InChI=1S/C22H23NO4/c1-4-5-6-11-27-22(26)16-8-10-18-19(13-16)21(25)23(20(18)24)17-9-7-14(2)15(3)12-17/h7-10,12-13H,4-6,11H2,1-3H3. The molecule has 0 aromatic heterocycles. The van der Waals surface area contributed by atoms with Gasteiger partial charge in [-0.25, -0.2) is 9.69 Å². The van der Waals surface area contributed by atoms with E-state index in [0.29, 0.717) is 17.9 Å². The van der Waals surface area contributed by atoms with E-state index in [0.717, 1.165) is 35.3 Å². The first-order valence-corrected chi connectivity index (χ1v) is 9.21. The summed E-state index contributed by atoms with van der Waals surface area (Å²) in [5, 5.41) is 0. The zero-order chi connectivity index (χ0) is 19.6. The molecule has 0 unspecified atom stereocenters. The van der Waals surface area contributed by atoms with Crippen LogP contribution in [0.5, 0.6) is 0 Å². The van der Waals surface area contributed by atoms with Crippen LogP contribution in [0.25, 0.3) is 0 Å². The Kier molecular flexibility index (Phi) is 5.40. The van der Waals surface area contributed by atoms with E-state index in [1.54, 1.807) is 6.07 Å². The molecule has 0 saturated carbocycles. The second-order valence-electron chi connectivity index (χ2n) is 6.82. The maximum Gasteiger partial charge on any atom is 0.338 e. The highest BCUT2D eigenvalue weighted by atomic mass is 16.5. The van der Waals surface area contributed by atoms with Crippen LogP contribution in [0.1, 0.15) is 68.4 Å². The lowest BCUT2D eigenvalue weighted by Crippen LogP contribution is -2.29. The molecule has 0 atom stereocenters. The highest BCUT2D eigenvalue weighted by Crippen LogP contribution is 2.30. The van der Waals surface area contributed by atoms with Gasteiger partial charge in [-0.1, -0.05) is 25.8 Å². The Balaban J connectivity index is 1.84. The van der Waals surface area contributed by atoms with E-state index >= 15 is 0 Å². The third-order valence-corrected chi connectivity index (χ3v) is 4.85. The average molecular weight is 365 g/mol. The normalized spacial score (nSPS) is 13.1. The predicted octanol–water partition coefficient (Wildman–Crippen LogP) is 4.45. The van der Waals surface area contributed by atoms with Crippen LogP contribution in [0.4, 0.5) is 5.69 Å². The number of anilines is 1. The van der Waals surface area contributed by atoms with Gasteiger partial charge in [0.1, 0.15) is 0 Å². The van der Waals surface area contributed by atoms with E-state index in [2.05, 4.69) is 6.92 Å². The highest BCUT2D eigenvalue weighted by molar-refractivity contribution is 6.34. The van der Waals surface area contributed by atoms with E-state index < -0.39 is 11.9 Å². The Morgan fingerprint density at radius 2 is 1.67 bits per heavy atom. The highest BCUT2D eigenvalue weighted by Gasteiger charge is 2.37. The summed E-state index contributed by atoms with van der Waals surface area (Å²) < 4.78 is 5.24. The fraction of sp³-hybridized carbons (Fsp3) is 0.318. The topological polar surface area (TPSA) is 63.7 Å². The Hall–Kier alpha value is -2.95. The first kappa shape index (κ1) is 18.8. The molecule has 0 fully saturated rings. The molecule has 1 aliphatic rings. The second-order valence-corrected chi connectivity index (χ2v) is 6.82. The van der Waals surface area contributed by atoms with Crippen molar-refractivity contribution in [2.24, 2.45) is 0 Å². The van der Waals surface area contributed by atoms with Crippen LogP contribution >= 0.6 is 0 Å². The number of fused-ring (bicyclic) bond motifs is 1. The van der Waals surface area contributed by atoms with E-state index in [4.69, 9.17) is 4.74 Å². The number of unbranched alkanes of at least 4 members (excludes halogenated alkanes) is 2. The van der Waals surface area contributed by atoms with Crippen molar-refractivity contribution in [1.82, 2.24) is 0 Å². The lowest BCUT2D eigenvalue weighted by molar-refractivity contribution is 0.0498. The van der Waals surface area contributed by atoms with Crippen LogP contribution in [-0.4, -0.2) is 24.4 Å². The number of amides is 2. The van der Waals surface area contributed by atoms with Crippen LogP contribution in [0, 0.1) is 13.8 Å². The maximum atomic E-state index is 12.8. The number of carbonyl (C=O) groups excluding carboxylic acids is 3. The largest absolute Gasteiger partial charge is 0.462 e. The molecular weight excluding hydrogens is 342 g/mol. The van der Waals surface area contributed by atoms with Gasteiger partial charge in [0.05, 0.1) is 29.0 Å². The van der Waals surface area contributed by atoms with Gasteiger partial charge in [0.25, 0.3) is 11.8 Å². The SMILES string of the molecule is CCCCCOC(=O)c1ccc2c(c1)C(=O)N(c1ccc(C)c(C)c1)C2=O. The van der Waals surface area contributed by atoms with Crippen molar-refractivity contribution >= 4 is 23.5 Å². The molecule has 0 saturated heterocycles. The van der Waals surface area contributed by atoms with Gasteiger partial charge in [0.15, 0.2) is 0 Å². The van der Waals surface area contributed by atoms with Gasteiger partial charge >= 0.3 is 5.97 Å². The molecular formula is C22H23NO4. The van der Waals surface area contributed by atoms with E-state index in [9.17, 15) is 14.4 Å². The fourth-order valence-electron chi connectivity index (χ4n) is 3.07. The maximum absolute atomic E-state index is 12.8. The van der Waals surface area contributed by atoms with Crippen LogP contribution < -0.4 is 4.90 Å². The predicted molar refractivity (Wildman–Crippen MR) is 103 cm³/mol. The smallest absolute Gasteiger partial charge is 0.338 e. The van der Waals surface area contributed by atoms with E-state index in [1.165, 1.54) is 18.2 Å². The molecule has 3 rings (SSSR count). The number of imide groups is 1. The summed E-state index contributed by atoms with van der Waals surface area (Å²) in [4.78, 5) is 38.9. The number of rotatable bonds is 6. The minimum absolute atomic E-state index is 0.237. The summed E-state index contributed by atoms with van der Waals surface area (Å²) in [6.07, 6.45) is 2.85. The molecule has 5 nitrogen and oxygen atoms in total. The Labute approximate surface area is 158 Å². The zero-order valence-electron chi connectivity index (χ0n) is 15.9. The van der Waals surface area contributed by atoms with Crippen LogP contribution in [0.15, 0.2) is 36.4 Å². The van der Waals surface area contributed by atoms with Crippen molar-refractivity contribution in [2.75, 3.05) is 11.5 Å². The first-order valence-electron chi connectivity index (χ1n) is 9.21. The lowest BCUT2D eigenvalue weighted by atomic mass is 10.1. The Morgan fingerprint density at radius 3 is 2.37 bits per heavy atom. The van der Waals surface area contributed by atoms with Gasteiger partial charge in [-0.05, 0) is 61.7 Å². The number of ether oxygens (including phenoxy) is 1. The van der Waals surface area contributed by atoms with Gasteiger partial charge in [-0.3, -0.25) is 9.59 Å². The van der Waals surface area contributed by atoms with Crippen molar-refractivity contribution in [3.8, 4) is 0 Å².